The number of urea groups is 1. The van der Waals surface area contributed by atoms with Crippen molar-refractivity contribution in [3.63, 3.8) is 0 Å². The standard InChI is InChI=1S/C21H28FN3O4/c1-2-15-8-10-21(11-9-15)19(27)25(20(28)24-21)14-18(26)23-12-3-13-29-17-6-4-16(22)5-7-17/h4-7,15H,2-3,8-14H2,1H3,(H,23,26)(H,24,28). The number of hydrogen-bond acceptors (Lipinski definition) is 4. The maximum absolute atomic E-state index is 12.8. The molecule has 2 aliphatic rings. The number of nitrogens with one attached hydrogen (secondary N) is 2. The quantitative estimate of drug-likeness (QED) is 0.514. The SMILES string of the molecule is CCC1CCC2(CC1)NC(=O)N(CC(=O)NCCCOc1ccc(F)cc1)C2=O. The molecule has 2 N–H and O–H groups in total. The molecule has 0 bridgehead atoms. The first-order valence-electron chi connectivity index (χ1n) is 10.2. The molecule has 0 atom stereocenters. The second-order valence-corrected chi connectivity index (χ2v) is 7.76. The van der Waals surface area contributed by atoms with E-state index in [1.54, 1.807) is 0 Å². The van der Waals surface area contributed by atoms with Gasteiger partial charge in [0.05, 0.1) is 6.61 Å². The van der Waals surface area contributed by atoms with Crippen LogP contribution < -0.4 is 15.4 Å². The molecule has 4 amide bonds. The molecule has 29 heavy (non-hydrogen) atoms. The number of halogens is 1. The molecule has 1 heterocycles. The van der Waals surface area contributed by atoms with Gasteiger partial charge in [-0.3, -0.25) is 14.5 Å². The van der Waals surface area contributed by atoms with E-state index in [4.69, 9.17) is 4.74 Å². The third-order valence-electron chi connectivity index (χ3n) is 5.81. The maximum atomic E-state index is 12.8. The van der Waals surface area contributed by atoms with E-state index in [1.807, 2.05) is 0 Å². The van der Waals surface area contributed by atoms with Gasteiger partial charge in [-0.2, -0.15) is 0 Å². The van der Waals surface area contributed by atoms with Gasteiger partial charge in [0.15, 0.2) is 0 Å². The highest BCUT2D eigenvalue weighted by molar-refractivity contribution is 6.09. The molecule has 1 aliphatic heterocycles. The molecule has 158 valence electrons. The van der Waals surface area contributed by atoms with Crippen LogP contribution in [-0.4, -0.2) is 48.0 Å². The summed E-state index contributed by atoms with van der Waals surface area (Å²) in [7, 11) is 0. The van der Waals surface area contributed by atoms with Crippen molar-refractivity contribution >= 4 is 17.8 Å². The molecule has 0 radical (unpaired) electrons. The van der Waals surface area contributed by atoms with Crippen molar-refractivity contribution in [2.45, 2.75) is 51.0 Å². The smallest absolute Gasteiger partial charge is 0.325 e. The van der Waals surface area contributed by atoms with Crippen LogP contribution in [0.25, 0.3) is 0 Å². The summed E-state index contributed by atoms with van der Waals surface area (Å²) in [6, 6.07) is 5.22. The van der Waals surface area contributed by atoms with Gasteiger partial charge in [0, 0.05) is 6.54 Å². The fraction of sp³-hybridized carbons (Fsp3) is 0.571. The van der Waals surface area contributed by atoms with Crippen LogP contribution in [0.5, 0.6) is 5.75 Å². The maximum Gasteiger partial charge on any atom is 0.325 e. The number of rotatable bonds is 8. The zero-order valence-corrected chi connectivity index (χ0v) is 16.7. The van der Waals surface area contributed by atoms with Crippen molar-refractivity contribution < 1.29 is 23.5 Å². The first kappa shape index (κ1) is 21.1. The van der Waals surface area contributed by atoms with Gasteiger partial charge < -0.3 is 15.4 Å². The molecule has 1 aliphatic carbocycles. The van der Waals surface area contributed by atoms with Crippen LogP contribution in [0.3, 0.4) is 0 Å². The molecule has 2 fully saturated rings. The van der Waals surface area contributed by atoms with Gasteiger partial charge in [0.1, 0.15) is 23.7 Å². The number of hydrogen-bond donors (Lipinski definition) is 2. The normalized spacial score (nSPS) is 23.9. The number of nitrogens with zero attached hydrogens (tertiary/aromatic N) is 1. The lowest BCUT2D eigenvalue weighted by Crippen LogP contribution is -2.50. The van der Waals surface area contributed by atoms with Crippen molar-refractivity contribution in [1.29, 1.82) is 0 Å². The van der Waals surface area contributed by atoms with Gasteiger partial charge in [-0.1, -0.05) is 13.3 Å². The Kier molecular flexibility index (Phi) is 6.71. The predicted octanol–water partition coefficient (Wildman–Crippen LogP) is 2.60. The number of benzene rings is 1. The zero-order chi connectivity index (χ0) is 20.9. The summed E-state index contributed by atoms with van der Waals surface area (Å²) in [5.74, 6) is 0.159. The molecule has 1 saturated heterocycles. The Morgan fingerprint density at radius 1 is 1.28 bits per heavy atom. The lowest BCUT2D eigenvalue weighted by atomic mass is 9.75. The highest BCUT2D eigenvalue weighted by atomic mass is 19.1. The van der Waals surface area contributed by atoms with E-state index in [1.165, 1.54) is 24.3 Å². The van der Waals surface area contributed by atoms with Crippen LogP contribution in [0.1, 0.15) is 45.4 Å². The fourth-order valence-corrected chi connectivity index (χ4v) is 3.96. The highest BCUT2D eigenvalue weighted by Gasteiger charge is 2.52. The number of ether oxygens (including phenoxy) is 1. The molecular formula is C21H28FN3O4. The van der Waals surface area contributed by atoms with Gasteiger partial charge in [0.25, 0.3) is 5.91 Å². The molecule has 8 heteroatoms. The molecule has 7 nitrogen and oxygen atoms in total. The monoisotopic (exact) mass is 405 g/mol. The number of carbonyl (C=O) groups is 3. The Labute approximate surface area is 170 Å². The Bertz CT molecular complexity index is 745. The largest absolute Gasteiger partial charge is 0.494 e. The van der Waals surface area contributed by atoms with Crippen LogP contribution in [-0.2, 0) is 9.59 Å². The topological polar surface area (TPSA) is 87.7 Å². The van der Waals surface area contributed by atoms with Crippen LogP contribution in [0.2, 0.25) is 0 Å². The van der Waals surface area contributed by atoms with E-state index in [9.17, 15) is 18.8 Å². The highest BCUT2D eigenvalue weighted by Crippen LogP contribution is 2.37. The van der Waals surface area contributed by atoms with E-state index < -0.39 is 11.6 Å². The van der Waals surface area contributed by atoms with Crippen molar-refractivity contribution in [2.24, 2.45) is 5.92 Å². The average Bonchev–Trinajstić information content (AvgIpc) is 2.94. The van der Waals surface area contributed by atoms with Crippen molar-refractivity contribution in [3.8, 4) is 5.75 Å². The third kappa shape index (κ3) is 5.05. The molecule has 1 aromatic carbocycles. The van der Waals surface area contributed by atoms with Crippen LogP contribution in [0, 0.1) is 11.7 Å². The Morgan fingerprint density at radius 3 is 2.62 bits per heavy atom. The average molecular weight is 405 g/mol. The van der Waals surface area contributed by atoms with E-state index in [-0.39, 0.29) is 24.2 Å². The van der Waals surface area contributed by atoms with Crippen LogP contribution in [0.4, 0.5) is 9.18 Å². The summed E-state index contributed by atoms with van der Waals surface area (Å²) in [5, 5.41) is 5.53. The molecule has 3 rings (SSSR count). The molecule has 0 aromatic heterocycles. The van der Waals surface area contributed by atoms with Crippen LogP contribution in [0.15, 0.2) is 24.3 Å². The Balaban J connectivity index is 1.39. The summed E-state index contributed by atoms with van der Waals surface area (Å²) >= 11 is 0. The Hall–Kier alpha value is -2.64. The molecule has 1 saturated carbocycles. The molecule has 1 aromatic rings. The summed E-state index contributed by atoms with van der Waals surface area (Å²) < 4.78 is 18.3. The Morgan fingerprint density at radius 2 is 1.97 bits per heavy atom. The first-order chi connectivity index (χ1) is 13.9. The number of amides is 4. The van der Waals surface area contributed by atoms with E-state index in [0.717, 1.165) is 24.2 Å². The second kappa shape index (κ2) is 9.24. The fourth-order valence-electron chi connectivity index (χ4n) is 3.96. The van der Waals surface area contributed by atoms with Crippen molar-refractivity contribution in [3.05, 3.63) is 30.1 Å². The van der Waals surface area contributed by atoms with Gasteiger partial charge in [0.2, 0.25) is 5.91 Å². The van der Waals surface area contributed by atoms with E-state index in [2.05, 4.69) is 17.6 Å². The van der Waals surface area contributed by atoms with Gasteiger partial charge in [-0.05, 0) is 62.3 Å². The zero-order valence-electron chi connectivity index (χ0n) is 16.7. The van der Waals surface area contributed by atoms with Crippen LogP contribution >= 0.6 is 0 Å². The van der Waals surface area contributed by atoms with Crippen molar-refractivity contribution in [2.75, 3.05) is 19.7 Å². The first-order valence-corrected chi connectivity index (χ1v) is 10.2. The lowest BCUT2D eigenvalue weighted by molar-refractivity contribution is -0.136. The summed E-state index contributed by atoms with van der Waals surface area (Å²) in [6.45, 7) is 2.57. The summed E-state index contributed by atoms with van der Waals surface area (Å²) in [5.41, 5.74) is -0.827. The number of carbonyl (C=O) groups excluding carboxylic acids is 3. The number of imide groups is 1. The molecular weight excluding hydrogens is 377 g/mol. The second-order valence-electron chi connectivity index (χ2n) is 7.76. The molecule has 1 spiro atoms. The summed E-state index contributed by atoms with van der Waals surface area (Å²) in [6.07, 6.45) is 4.72. The minimum Gasteiger partial charge on any atom is -0.494 e. The predicted molar refractivity (Wildman–Crippen MR) is 105 cm³/mol. The van der Waals surface area contributed by atoms with Gasteiger partial charge in [-0.15, -0.1) is 0 Å². The summed E-state index contributed by atoms with van der Waals surface area (Å²) in [4.78, 5) is 38.3. The third-order valence-corrected chi connectivity index (χ3v) is 5.81. The van der Waals surface area contributed by atoms with Gasteiger partial charge in [-0.25, -0.2) is 9.18 Å². The molecule has 0 unspecified atom stereocenters. The lowest BCUT2D eigenvalue weighted by Gasteiger charge is -2.34. The van der Waals surface area contributed by atoms with E-state index >= 15 is 0 Å². The van der Waals surface area contributed by atoms with Crippen molar-refractivity contribution in [1.82, 2.24) is 15.5 Å². The van der Waals surface area contributed by atoms with Gasteiger partial charge >= 0.3 is 6.03 Å². The van der Waals surface area contributed by atoms with E-state index in [0.29, 0.717) is 44.1 Å². The minimum atomic E-state index is -0.827. The minimum absolute atomic E-state index is 0.275.